The van der Waals surface area contributed by atoms with Crippen LogP contribution in [0.3, 0.4) is 0 Å². The molecule has 0 aromatic heterocycles. The van der Waals surface area contributed by atoms with Crippen molar-refractivity contribution in [3.63, 3.8) is 0 Å². The fourth-order valence-corrected chi connectivity index (χ4v) is 3.26. The topological polar surface area (TPSA) is 75.6 Å². The molecule has 0 spiro atoms. The Morgan fingerprint density at radius 1 is 0.897 bits per heavy atom. The minimum atomic E-state index is -1.22. The predicted molar refractivity (Wildman–Crippen MR) is 128 cm³/mol. The number of carboxylic acids is 1. The number of ether oxygens (including phenoxy) is 1. The molecule has 0 unspecified atom stereocenters. The summed E-state index contributed by atoms with van der Waals surface area (Å²) in [5, 5.41) is 11.9. The van der Waals surface area contributed by atoms with Crippen LogP contribution < -0.4 is 10.1 Å². The SMILES string of the molecule is O=C(O)/C(=C/c1ccc(Oc2ccccc2I)cc1)NC(=O)c1ccc(I)cc1. The van der Waals surface area contributed by atoms with Crippen LogP contribution >= 0.6 is 45.2 Å². The zero-order valence-corrected chi connectivity index (χ0v) is 19.2. The van der Waals surface area contributed by atoms with Gasteiger partial charge in [0.25, 0.3) is 5.91 Å². The van der Waals surface area contributed by atoms with Crippen molar-refractivity contribution >= 4 is 63.1 Å². The molecule has 0 aliphatic carbocycles. The number of benzene rings is 3. The number of rotatable bonds is 6. The van der Waals surface area contributed by atoms with Gasteiger partial charge in [0.2, 0.25) is 0 Å². The van der Waals surface area contributed by atoms with Crippen molar-refractivity contribution in [3.05, 3.63) is 96.8 Å². The quantitative estimate of drug-likeness (QED) is 0.284. The van der Waals surface area contributed by atoms with Crippen LogP contribution in [0.2, 0.25) is 0 Å². The lowest BCUT2D eigenvalue weighted by atomic mass is 10.1. The summed E-state index contributed by atoms with van der Waals surface area (Å²) >= 11 is 4.33. The van der Waals surface area contributed by atoms with Crippen LogP contribution in [0.5, 0.6) is 11.5 Å². The average Bonchev–Trinajstić information content (AvgIpc) is 2.71. The fourth-order valence-electron chi connectivity index (χ4n) is 2.40. The molecular formula is C22H15I2NO4. The molecule has 146 valence electrons. The van der Waals surface area contributed by atoms with Crippen LogP contribution in [0.1, 0.15) is 15.9 Å². The van der Waals surface area contributed by atoms with Gasteiger partial charge in [0.15, 0.2) is 0 Å². The molecule has 1 amide bonds. The molecule has 0 fully saturated rings. The normalized spacial score (nSPS) is 11.0. The largest absolute Gasteiger partial charge is 0.477 e. The van der Waals surface area contributed by atoms with E-state index in [1.54, 1.807) is 48.5 Å². The Morgan fingerprint density at radius 2 is 1.55 bits per heavy atom. The van der Waals surface area contributed by atoms with Crippen LogP contribution in [0.25, 0.3) is 6.08 Å². The van der Waals surface area contributed by atoms with Gasteiger partial charge in [-0.05, 0) is 105 Å². The lowest BCUT2D eigenvalue weighted by Gasteiger charge is -2.09. The molecule has 0 aliphatic heterocycles. The van der Waals surface area contributed by atoms with E-state index in [1.807, 2.05) is 24.3 Å². The van der Waals surface area contributed by atoms with E-state index in [-0.39, 0.29) is 5.70 Å². The number of para-hydroxylation sites is 1. The summed E-state index contributed by atoms with van der Waals surface area (Å²) in [6, 6.07) is 21.5. The van der Waals surface area contributed by atoms with E-state index in [1.165, 1.54) is 6.08 Å². The van der Waals surface area contributed by atoms with Gasteiger partial charge in [0.05, 0.1) is 3.57 Å². The molecule has 0 aliphatic rings. The van der Waals surface area contributed by atoms with E-state index >= 15 is 0 Å². The summed E-state index contributed by atoms with van der Waals surface area (Å²) in [5.74, 6) is -0.324. The summed E-state index contributed by atoms with van der Waals surface area (Å²) in [6.45, 7) is 0. The van der Waals surface area contributed by atoms with Crippen LogP contribution in [-0.4, -0.2) is 17.0 Å². The summed E-state index contributed by atoms with van der Waals surface area (Å²) < 4.78 is 7.81. The number of nitrogens with one attached hydrogen (secondary N) is 1. The number of carboxylic acid groups (broad SMARTS) is 1. The zero-order chi connectivity index (χ0) is 20.8. The molecular weight excluding hydrogens is 596 g/mol. The summed E-state index contributed by atoms with van der Waals surface area (Å²) in [7, 11) is 0. The Kier molecular flexibility index (Phi) is 7.26. The molecule has 0 saturated heterocycles. The van der Waals surface area contributed by atoms with Crippen LogP contribution in [0, 0.1) is 7.14 Å². The molecule has 3 rings (SSSR count). The van der Waals surface area contributed by atoms with Crippen molar-refractivity contribution in [2.24, 2.45) is 0 Å². The number of aliphatic carboxylic acids is 1. The standard InChI is InChI=1S/C22H15I2NO4/c23-16-9-7-15(8-10-16)21(26)25-19(22(27)28)13-14-5-11-17(12-6-14)29-20-4-2-1-3-18(20)24/h1-13H,(H,25,26)(H,27,28)/b19-13-. The lowest BCUT2D eigenvalue weighted by molar-refractivity contribution is -0.132. The van der Waals surface area contributed by atoms with Crippen molar-refractivity contribution in [1.29, 1.82) is 0 Å². The second-order valence-electron chi connectivity index (χ2n) is 5.93. The van der Waals surface area contributed by atoms with Crippen LogP contribution in [-0.2, 0) is 4.79 Å². The third-order valence-corrected chi connectivity index (χ3v) is 5.45. The van der Waals surface area contributed by atoms with E-state index in [0.717, 1.165) is 12.9 Å². The monoisotopic (exact) mass is 611 g/mol. The van der Waals surface area contributed by atoms with Crippen LogP contribution in [0.4, 0.5) is 0 Å². The number of halogens is 2. The Morgan fingerprint density at radius 3 is 2.17 bits per heavy atom. The van der Waals surface area contributed by atoms with Gasteiger partial charge in [-0.2, -0.15) is 0 Å². The van der Waals surface area contributed by atoms with Crippen LogP contribution in [0.15, 0.2) is 78.5 Å². The summed E-state index contributed by atoms with van der Waals surface area (Å²) in [4.78, 5) is 23.9. The minimum absolute atomic E-state index is 0.208. The van der Waals surface area contributed by atoms with Gasteiger partial charge in [0.1, 0.15) is 17.2 Å². The Bertz CT molecular complexity index is 1060. The van der Waals surface area contributed by atoms with E-state index in [4.69, 9.17) is 4.74 Å². The first-order valence-electron chi connectivity index (χ1n) is 8.47. The Balaban J connectivity index is 1.75. The van der Waals surface area contributed by atoms with Crippen molar-refractivity contribution in [1.82, 2.24) is 5.32 Å². The maximum absolute atomic E-state index is 12.3. The number of carbonyl (C=O) groups excluding carboxylic acids is 1. The molecule has 3 aromatic rings. The first-order valence-corrected chi connectivity index (χ1v) is 10.6. The highest BCUT2D eigenvalue weighted by Gasteiger charge is 2.13. The summed E-state index contributed by atoms with van der Waals surface area (Å²) in [5.41, 5.74) is 0.805. The second-order valence-corrected chi connectivity index (χ2v) is 8.33. The highest BCUT2D eigenvalue weighted by atomic mass is 127. The number of hydrogen-bond acceptors (Lipinski definition) is 3. The van der Waals surface area contributed by atoms with E-state index in [9.17, 15) is 14.7 Å². The molecule has 3 aromatic carbocycles. The molecule has 0 heterocycles. The molecule has 5 nitrogen and oxygen atoms in total. The van der Waals surface area contributed by atoms with Crippen molar-refractivity contribution in [3.8, 4) is 11.5 Å². The zero-order valence-electron chi connectivity index (χ0n) is 14.9. The average molecular weight is 611 g/mol. The van der Waals surface area contributed by atoms with Gasteiger partial charge >= 0.3 is 5.97 Å². The molecule has 0 bridgehead atoms. The third-order valence-electron chi connectivity index (χ3n) is 3.84. The molecule has 29 heavy (non-hydrogen) atoms. The first kappa shape index (κ1) is 21.3. The van der Waals surface area contributed by atoms with Crippen molar-refractivity contribution in [2.75, 3.05) is 0 Å². The fraction of sp³-hybridized carbons (Fsp3) is 0. The second kappa shape index (κ2) is 9.88. The number of hydrogen-bond donors (Lipinski definition) is 2. The summed E-state index contributed by atoms with van der Waals surface area (Å²) in [6.07, 6.45) is 1.41. The Hall–Kier alpha value is -2.40. The smallest absolute Gasteiger partial charge is 0.352 e. The molecule has 0 atom stereocenters. The van der Waals surface area contributed by atoms with E-state index in [2.05, 4.69) is 50.5 Å². The first-order chi connectivity index (χ1) is 13.9. The number of amides is 1. The Labute approximate surface area is 195 Å². The maximum atomic E-state index is 12.3. The van der Waals surface area contributed by atoms with Gasteiger partial charge < -0.3 is 15.2 Å². The highest BCUT2D eigenvalue weighted by Crippen LogP contribution is 2.26. The maximum Gasteiger partial charge on any atom is 0.352 e. The van der Waals surface area contributed by atoms with Crippen molar-refractivity contribution < 1.29 is 19.4 Å². The van der Waals surface area contributed by atoms with Gasteiger partial charge in [-0.25, -0.2) is 4.79 Å². The predicted octanol–water partition coefficient (Wildman–Crippen LogP) is 5.54. The van der Waals surface area contributed by atoms with Gasteiger partial charge in [-0.1, -0.05) is 24.3 Å². The van der Waals surface area contributed by atoms with Crippen molar-refractivity contribution in [2.45, 2.75) is 0 Å². The molecule has 7 heteroatoms. The van der Waals surface area contributed by atoms with E-state index < -0.39 is 11.9 Å². The molecule has 0 saturated carbocycles. The lowest BCUT2D eigenvalue weighted by Crippen LogP contribution is -2.27. The number of carbonyl (C=O) groups is 2. The highest BCUT2D eigenvalue weighted by molar-refractivity contribution is 14.1. The minimum Gasteiger partial charge on any atom is -0.477 e. The van der Waals surface area contributed by atoms with Gasteiger partial charge in [-0.3, -0.25) is 4.79 Å². The van der Waals surface area contributed by atoms with E-state index in [0.29, 0.717) is 16.9 Å². The van der Waals surface area contributed by atoms with Gasteiger partial charge in [0, 0.05) is 9.13 Å². The third kappa shape index (κ3) is 6.04. The van der Waals surface area contributed by atoms with Gasteiger partial charge in [-0.15, -0.1) is 0 Å². The molecule has 2 N–H and O–H groups in total. The molecule has 0 radical (unpaired) electrons.